The van der Waals surface area contributed by atoms with Gasteiger partial charge in [0.15, 0.2) is 5.78 Å². The summed E-state index contributed by atoms with van der Waals surface area (Å²) in [5.41, 5.74) is -0.383. The molecule has 19 heavy (non-hydrogen) atoms. The molecule has 3 nitrogen and oxygen atoms in total. The van der Waals surface area contributed by atoms with Crippen molar-refractivity contribution in [1.82, 2.24) is 0 Å². The molecule has 100 valence electrons. The number of carbonyl (C=O) groups is 1. The summed E-state index contributed by atoms with van der Waals surface area (Å²) in [7, 11) is 0. The molecule has 0 atom stereocenters. The summed E-state index contributed by atoms with van der Waals surface area (Å²) < 4.78 is 0. The summed E-state index contributed by atoms with van der Waals surface area (Å²) in [5.74, 6) is 1.41. The fraction of sp³-hybridized carbons (Fsp3) is 0.438. The molecule has 0 unspecified atom stereocenters. The van der Waals surface area contributed by atoms with E-state index in [9.17, 15) is 14.7 Å². The van der Waals surface area contributed by atoms with Gasteiger partial charge in [0.1, 0.15) is 5.94 Å². The van der Waals surface area contributed by atoms with Crippen molar-refractivity contribution < 1.29 is 14.7 Å². The first-order chi connectivity index (χ1) is 9.14. The van der Waals surface area contributed by atoms with Crippen LogP contribution in [0, 0.1) is 0 Å². The number of aliphatic hydroxyl groups is 1. The van der Waals surface area contributed by atoms with Crippen LogP contribution in [0.5, 0.6) is 0 Å². The van der Waals surface area contributed by atoms with Crippen LogP contribution in [0.3, 0.4) is 0 Å². The van der Waals surface area contributed by atoms with Crippen LogP contribution in [-0.2, 0) is 4.79 Å². The van der Waals surface area contributed by atoms with Gasteiger partial charge in [0, 0.05) is 12.0 Å². The largest absolute Gasteiger partial charge is 0.390 e. The van der Waals surface area contributed by atoms with Crippen molar-refractivity contribution in [2.24, 2.45) is 0 Å². The summed E-state index contributed by atoms with van der Waals surface area (Å²) in [6.45, 7) is 0. The van der Waals surface area contributed by atoms with E-state index in [1.165, 1.54) is 0 Å². The number of ketones is 1. The lowest BCUT2D eigenvalue weighted by Crippen LogP contribution is -2.33. The molecule has 1 aromatic rings. The molecule has 1 aromatic carbocycles. The first-order valence-electron chi connectivity index (χ1n) is 6.71. The summed E-state index contributed by atoms with van der Waals surface area (Å²) >= 11 is 0. The minimum absolute atomic E-state index is 0.0515. The van der Waals surface area contributed by atoms with E-state index in [0.717, 1.165) is 19.3 Å². The smallest absolute Gasteiger partial charge is 0.200 e. The molecule has 3 heteroatoms. The monoisotopic (exact) mass is 258 g/mol. The summed E-state index contributed by atoms with van der Waals surface area (Å²) in [4.78, 5) is 23.2. The number of hydrogen-bond acceptors (Lipinski definition) is 3. The van der Waals surface area contributed by atoms with Crippen molar-refractivity contribution in [2.75, 3.05) is 0 Å². The molecular formula is C16H18O3. The molecule has 0 radical (unpaired) electrons. The molecule has 1 fully saturated rings. The SMILES string of the molecule is O=C=C(CC1(O)CCCCC1)C(=O)c1ccccc1. The van der Waals surface area contributed by atoms with Crippen LogP contribution >= 0.6 is 0 Å². The fourth-order valence-electron chi connectivity index (χ4n) is 2.64. The Labute approximate surface area is 113 Å². The van der Waals surface area contributed by atoms with Crippen LogP contribution in [0.2, 0.25) is 0 Å². The molecular weight excluding hydrogens is 240 g/mol. The van der Waals surface area contributed by atoms with Gasteiger partial charge < -0.3 is 5.11 Å². The Balaban J connectivity index is 2.13. The van der Waals surface area contributed by atoms with Crippen molar-refractivity contribution in [2.45, 2.75) is 44.1 Å². The average molecular weight is 258 g/mol. The highest BCUT2D eigenvalue weighted by Gasteiger charge is 2.32. The Bertz CT molecular complexity index is 492. The first kappa shape index (κ1) is 13.7. The highest BCUT2D eigenvalue weighted by molar-refractivity contribution is 6.13. The highest BCUT2D eigenvalue weighted by atomic mass is 16.3. The van der Waals surface area contributed by atoms with E-state index < -0.39 is 5.60 Å². The fourth-order valence-corrected chi connectivity index (χ4v) is 2.64. The molecule has 0 heterocycles. The second-order valence-corrected chi connectivity index (χ2v) is 5.24. The van der Waals surface area contributed by atoms with E-state index in [2.05, 4.69) is 0 Å². The molecule has 1 N–H and O–H groups in total. The van der Waals surface area contributed by atoms with Gasteiger partial charge in [-0.3, -0.25) is 4.79 Å². The summed E-state index contributed by atoms with van der Waals surface area (Å²) in [6, 6.07) is 8.67. The van der Waals surface area contributed by atoms with E-state index in [1.807, 2.05) is 6.07 Å². The summed E-state index contributed by atoms with van der Waals surface area (Å²) in [6.07, 6.45) is 4.42. The van der Waals surface area contributed by atoms with Crippen molar-refractivity contribution in [3.63, 3.8) is 0 Å². The quantitative estimate of drug-likeness (QED) is 0.513. The third kappa shape index (κ3) is 3.40. The molecule has 0 amide bonds. The lowest BCUT2D eigenvalue weighted by molar-refractivity contribution is 0.00453. The van der Waals surface area contributed by atoms with Crippen LogP contribution in [0.15, 0.2) is 35.9 Å². The maximum Gasteiger partial charge on any atom is 0.200 e. The van der Waals surface area contributed by atoms with Gasteiger partial charge in [-0.15, -0.1) is 0 Å². The zero-order valence-electron chi connectivity index (χ0n) is 10.9. The van der Waals surface area contributed by atoms with Gasteiger partial charge in [0.2, 0.25) is 0 Å². The minimum atomic E-state index is -0.907. The lowest BCUT2D eigenvalue weighted by atomic mass is 9.79. The van der Waals surface area contributed by atoms with Gasteiger partial charge in [-0.1, -0.05) is 49.6 Å². The first-order valence-corrected chi connectivity index (χ1v) is 6.71. The number of benzene rings is 1. The second-order valence-electron chi connectivity index (χ2n) is 5.24. The predicted molar refractivity (Wildman–Crippen MR) is 72.6 cm³/mol. The Hall–Kier alpha value is -1.70. The van der Waals surface area contributed by atoms with Gasteiger partial charge >= 0.3 is 0 Å². The minimum Gasteiger partial charge on any atom is -0.390 e. The van der Waals surface area contributed by atoms with E-state index in [0.29, 0.717) is 18.4 Å². The third-order valence-electron chi connectivity index (χ3n) is 3.72. The lowest BCUT2D eigenvalue weighted by Gasteiger charge is -2.31. The Kier molecular flexibility index (Phi) is 4.31. The van der Waals surface area contributed by atoms with Gasteiger partial charge in [-0.05, 0) is 12.8 Å². The van der Waals surface area contributed by atoms with Crippen LogP contribution < -0.4 is 0 Å². The average Bonchev–Trinajstić information content (AvgIpc) is 2.46. The van der Waals surface area contributed by atoms with E-state index >= 15 is 0 Å². The standard InChI is InChI=1S/C16H18O3/c17-12-14(11-16(19)9-5-2-6-10-16)15(18)13-7-3-1-4-8-13/h1,3-4,7-8,19H,2,5-6,9-11H2. The molecule has 1 aliphatic rings. The molecule has 0 spiro atoms. The van der Waals surface area contributed by atoms with E-state index in [4.69, 9.17) is 0 Å². The van der Waals surface area contributed by atoms with Crippen molar-refractivity contribution in [1.29, 1.82) is 0 Å². The molecule has 0 saturated heterocycles. The van der Waals surface area contributed by atoms with Crippen molar-refractivity contribution in [3.05, 3.63) is 41.5 Å². The highest BCUT2D eigenvalue weighted by Crippen LogP contribution is 2.33. The number of carbonyl (C=O) groups excluding carboxylic acids is 2. The van der Waals surface area contributed by atoms with Crippen LogP contribution in [0.4, 0.5) is 0 Å². The second kappa shape index (κ2) is 5.96. The van der Waals surface area contributed by atoms with E-state index in [1.54, 1.807) is 30.2 Å². The predicted octanol–water partition coefficient (Wildman–Crippen LogP) is 2.71. The van der Waals surface area contributed by atoms with E-state index in [-0.39, 0.29) is 17.8 Å². The molecule has 0 aromatic heterocycles. The maximum absolute atomic E-state index is 12.2. The molecule has 0 bridgehead atoms. The van der Waals surface area contributed by atoms with Crippen molar-refractivity contribution >= 4 is 11.7 Å². The van der Waals surface area contributed by atoms with Crippen LogP contribution in [0.1, 0.15) is 48.9 Å². The summed E-state index contributed by atoms with van der Waals surface area (Å²) in [5, 5.41) is 10.4. The number of hydrogen-bond donors (Lipinski definition) is 1. The number of Topliss-reactive ketones (excluding diaryl/α,β-unsaturated/α-hetero) is 1. The topological polar surface area (TPSA) is 54.4 Å². The van der Waals surface area contributed by atoms with Gasteiger partial charge in [0.25, 0.3) is 0 Å². The van der Waals surface area contributed by atoms with Crippen LogP contribution in [0.25, 0.3) is 0 Å². The zero-order chi connectivity index (χ0) is 13.7. The number of rotatable bonds is 4. The molecule has 1 saturated carbocycles. The molecule has 2 rings (SSSR count). The van der Waals surface area contributed by atoms with Gasteiger partial charge in [0.05, 0.1) is 11.2 Å². The maximum atomic E-state index is 12.2. The Morgan fingerprint density at radius 2 is 1.79 bits per heavy atom. The Morgan fingerprint density at radius 1 is 1.16 bits per heavy atom. The van der Waals surface area contributed by atoms with Crippen LogP contribution in [-0.4, -0.2) is 22.4 Å². The van der Waals surface area contributed by atoms with Gasteiger partial charge in [-0.25, -0.2) is 4.79 Å². The third-order valence-corrected chi connectivity index (χ3v) is 3.72. The molecule has 0 aliphatic heterocycles. The molecule has 1 aliphatic carbocycles. The van der Waals surface area contributed by atoms with Crippen molar-refractivity contribution in [3.8, 4) is 0 Å². The Morgan fingerprint density at radius 3 is 2.37 bits per heavy atom. The van der Waals surface area contributed by atoms with Gasteiger partial charge in [-0.2, -0.15) is 0 Å². The normalized spacial score (nSPS) is 17.5. The zero-order valence-corrected chi connectivity index (χ0v) is 10.9.